The summed E-state index contributed by atoms with van der Waals surface area (Å²) in [6.45, 7) is 0. The quantitative estimate of drug-likeness (QED) is 0.469. The molecule has 0 unspecified atom stereocenters. The second-order valence-electron chi connectivity index (χ2n) is 3.55. The second kappa shape index (κ2) is 5.09. The van der Waals surface area contributed by atoms with Gasteiger partial charge >= 0.3 is 0 Å². The molecule has 0 aliphatic heterocycles. The van der Waals surface area contributed by atoms with Crippen LogP contribution in [0.25, 0.3) is 0 Å². The normalized spacial score (nSPS) is 9.78. The fourth-order valence-corrected chi connectivity index (χ4v) is 1.45. The van der Waals surface area contributed by atoms with Crippen molar-refractivity contribution < 1.29 is 14.5 Å². The van der Waals surface area contributed by atoms with Crippen LogP contribution in [-0.2, 0) is 0 Å². The zero-order valence-electron chi connectivity index (χ0n) is 9.28. The molecule has 0 atom stereocenters. The lowest BCUT2D eigenvalue weighted by atomic mass is 10.2. The fraction of sp³-hybridized carbons (Fsp3) is 0. The van der Waals surface area contributed by atoms with Gasteiger partial charge in [-0.15, -0.1) is 0 Å². The number of non-ortho nitro benzene ring substituents is 1. The number of carbonyl (C=O) groups excluding carboxylic acids is 1. The maximum Gasteiger partial charge on any atom is 0.273 e. The zero-order valence-corrected chi connectivity index (χ0v) is 9.28. The lowest BCUT2D eigenvalue weighted by Crippen LogP contribution is -1.90. The molecule has 90 valence electrons. The lowest BCUT2D eigenvalue weighted by molar-refractivity contribution is -0.384. The number of hydrogen-bond acceptors (Lipinski definition) is 4. The molecule has 0 radical (unpaired) electrons. The molecule has 0 saturated heterocycles. The van der Waals surface area contributed by atoms with Gasteiger partial charge in [0.25, 0.3) is 5.69 Å². The van der Waals surface area contributed by atoms with Crippen molar-refractivity contribution in [2.45, 2.75) is 0 Å². The van der Waals surface area contributed by atoms with E-state index in [4.69, 9.17) is 4.74 Å². The van der Waals surface area contributed by atoms with Crippen LogP contribution in [0.5, 0.6) is 11.5 Å². The summed E-state index contributed by atoms with van der Waals surface area (Å²) in [4.78, 5) is 20.7. The van der Waals surface area contributed by atoms with Crippen molar-refractivity contribution in [3.63, 3.8) is 0 Å². The van der Waals surface area contributed by atoms with E-state index in [1.165, 1.54) is 18.2 Å². The third-order valence-corrected chi connectivity index (χ3v) is 2.26. The predicted octanol–water partition coefficient (Wildman–Crippen LogP) is 3.20. The molecule has 2 aromatic rings. The van der Waals surface area contributed by atoms with E-state index in [0.717, 1.165) is 0 Å². The van der Waals surface area contributed by atoms with Gasteiger partial charge in [-0.05, 0) is 18.2 Å². The van der Waals surface area contributed by atoms with Crippen molar-refractivity contribution in [1.82, 2.24) is 0 Å². The Bertz CT molecular complexity index is 595. The van der Waals surface area contributed by atoms with Crippen molar-refractivity contribution in [3.8, 4) is 11.5 Å². The van der Waals surface area contributed by atoms with E-state index in [9.17, 15) is 14.9 Å². The van der Waals surface area contributed by atoms with Crippen LogP contribution in [0.2, 0.25) is 0 Å². The van der Waals surface area contributed by atoms with Crippen LogP contribution in [0.15, 0.2) is 48.5 Å². The third kappa shape index (κ3) is 2.70. The SMILES string of the molecule is O=Cc1cccc(Oc2cccc([N+](=O)[O-])c2)c1. The summed E-state index contributed by atoms with van der Waals surface area (Å²) >= 11 is 0. The fourth-order valence-electron chi connectivity index (χ4n) is 1.45. The van der Waals surface area contributed by atoms with Gasteiger partial charge in [0, 0.05) is 11.6 Å². The number of aldehydes is 1. The summed E-state index contributed by atoms with van der Waals surface area (Å²) < 4.78 is 5.45. The minimum absolute atomic E-state index is 0.0426. The highest BCUT2D eigenvalue weighted by atomic mass is 16.6. The van der Waals surface area contributed by atoms with E-state index in [0.29, 0.717) is 23.3 Å². The molecule has 0 heterocycles. The van der Waals surface area contributed by atoms with Crippen LogP contribution in [-0.4, -0.2) is 11.2 Å². The highest BCUT2D eigenvalue weighted by Gasteiger charge is 2.07. The third-order valence-electron chi connectivity index (χ3n) is 2.26. The molecule has 5 heteroatoms. The van der Waals surface area contributed by atoms with Gasteiger partial charge < -0.3 is 4.74 Å². The Morgan fingerprint density at radius 3 is 2.39 bits per heavy atom. The smallest absolute Gasteiger partial charge is 0.273 e. The minimum Gasteiger partial charge on any atom is -0.457 e. The Balaban J connectivity index is 2.25. The number of hydrogen-bond donors (Lipinski definition) is 0. The van der Waals surface area contributed by atoms with Crippen LogP contribution >= 0.6 is 0 Å². The molecule has 0 aliphatic carbocycles. The highest BCUT2D eigenvalue weighted by molar-refractivity contribution is 5.75. The van der Waals surface area contributed by atoms with Gasteiger partial charge in [-0.1, -0.05) is 18.2 Å². The number of nitro benzene ring substituents is 1. The van der Waals surface area contributed by atoms with Crippen LogP contribution in [0.1, 0.15) is 10.4 Å². The first-order valence-corrected chi connectivity index (χ1v) is 5.16. The number of carbonyl (C=O) groups is 1. The van der Waals surface area contributed by atoms with Crippen LogP contribution in [0, 0.1) is 10.1 Å². The zero-order chi connectivity index (χ0) is 13.0. The predicted molar refractivity (Wildman–Crippen MR) is 65.0 cm³/mol. The molecule has 0 spiro atoms. The van der Waals surface area contributed by atoms with E-state index in [-0.39, 0.29) is 5.69 Å². The molecule has 0 saturated carbocycles. The average Bonchev–Trinajstić information content (AvgIpc) is 2.39. The molecular formula is C13H9NO4. The van der Waals surface area contributed by atoms with Crippen molar-refractivity contribution in [2.24, 2.45) is 0 Å². The molecular weight excluding hydrogens is 234 g/mol. The van der Waals surface area contributed by atoms with Gasteiger partial charge in [0.15, 0.2) is 0 Å². The average molecular weight is 243 g/mol. The number of ether oxygens (including phenoxy) is 1. The second-order valence-corrected chi connectivity index (χ2v) is 3.55. The van der Waals surface area contributed by atoms with Gasteiger partial charge in [0.1, 0.15) is 17.8 Å². The summed E-state index contributed by atoms with van der Waals surface area (Å²) in [6.07, 6.45) is 0.709. The standard InChI is InChI=1S/C13H9NO4/c15-9-10-3-1-5-12(7-10)18-13-6-2-4-11(8-13)14(16)17/h1-9H. The van der Waals surface area contributed by atoms with E-state index in [1.54, 1.807) is 30.3 Å². The van der Waals surface area contributed by atoms with Crippen molar-refractivity contribution in [2.75, 3.05) is 0 Å². The first kappa shape index (κ1) is 11.8. The van der Waals surface area contributed by atoms with E-state index >= 15 is 0 Å². The topological polar surface area (TPSA) is 69.4 Å². The van der Waals surface area contributed by atoms with Crippen molar-refractivity contribution in [3.05, 3.63) is 64.2 Å². The molecule has 2 aromatic carbocycles. The molecule has 0 bridgehead atoms. The summed E-state index contributed by atoms with van der Waals surface area (Å²) in [5, 5.41) is 10.6. The van der Waals surface area contributed by atoms with Crippen molar-refractivity contribution in [1.29, 1.82) is 0 Å². The summed E-state index contributed by atoms with van der Waals surface area (Å²) in [7, 11) is 0. The van der Waals surface area contributed by atoms with E-state index in [2.05, 4.69) is 0 Å². The number of benzene rings is 2. The van der Waals surface area contributed by atoms with Gasteiger partial charge in [-0.3, -0.25) is 14.9 Å². The Morgan fingerprint density at radius 1 is 1.06 bits per heavy atom. The van der Waals surface area contributed by atoms with Gasteiger partial charge in [-0.2, -0.15) is 0 Å². The van der Waals surface area contributed by atoms with Gasteiger partial charge in [0.2, 0.25) is 0 Å². The molecule has 5 nitrogen and oxygen atoms in total. The summed E-state index contributed by atoms with van der Waals surface area (Å²) in [5.74, 6) is 0.812. The summed E-state index contributed by atoms with van der Waals surface area (Å²) in [6, 6.07) is 12.4. The maximum absolute atomic E-state index is 10.6. The monoisotopic (exact) mass is 243 g/mol. The van der Waals surface area contributed by atoms with Crippen LogP contribution < -0.4 is 4.74 Å². The van der Waals surface area contributed by atoms with Crippen LogP contribution in [0.3, 0.4) is 0 Å². The number of nitro groups is 1. The first-order valence-electron chi connectivity index (χ1n) is 5.16. The molecule has 0 fully saturated rings. The molecule has 0 aliphatic rings. The Labute approximate surface area is 103 Å². The van der Waals surface area contributed by atoms with Gasteiger partial charge in [-0.25, -0.2) is 0 Å². The molecule has 0 aromatic heterocycles. The van der Waals surface area contributed by atoms with Crippen LogP contribution in [0.4, 0.5) is 5.69 Å². The van der Waals surface area contributed by atoms with Gasteiger partial charge in [0.05, 0.1) is 11.0 Å². The Hall–Kier alpha value is -2.69. The summed E-state index contributed by atoms with van der Waals surface area (Å²) in [5.41, 5.74) is 0.442. The Morgan fingerprint density at radius 2 is 1.72 bits per heavy atom. The largest absolute Gasteiger partial charge is 0.457 e. The highest BCUT2D eigenvalue weighted by Crippen LogP contribution is 2.25. The van der Waals surface area contributed by atoms with E-state index < -0.39 is 4.92 Å². The molecule has 18 heavy (non-hydrogen) atoms. The number of nitrogens with zero attached hydrogens (tertiary/aromatic N) is 1. The molecule has 2 rings (SSSR count). The minimum atomic E-state index is -0.491. The molecule has 0 amide bonds. The van der Waals surface area contributed by atoms with E-state index in [1.807, 2.05) is 0 Å². The maximum atomic E-state index is 10.6. The lowest BCUT2D eigenvalue weighted by Gasteiger charge is -2.05. The Kier molecular flexibility index (Phi) is 3.33. The molecule has 0 N–H and O–H groups in total. The first-order chi connectivity index (χ1) is 8.69. The van der Waals surface area contributed by atoms with Crippen molar-refractivity contribution >= 4 is 12.0 Å². The number of rotatable bonds is 4.